The summed E-state index contributed by atoms with van der Waals surface area (Å²) in [6.07, 6.45) is -4.79. The molecule has 0 aliphatic carbocycles. The molecule has 2 rings (SSSR count). The van der Waals surface area contributed by atoms with Gasteiger partial charge >= 0.3 is 6.18 Å². The number of nitriles is 1. The Kier molecular flexibility index (Phi) is 7.16. The van der Waals surface area contributed by atoms with Crippen molar-refractivity contribution in [2.24, 2.45) is 0 Å². The maximum Gasteiger partial charge on any atom is 0.417 e. The first-order valence-electron chi connectivity index (χ1n) is 8.74. The lowest BCUT2D eigenvalue weighted by atomic mass is 10.00. The zero-order valence-corrected chi connectivity index (χ0v) is 17.6. The summed E-state index contributed by atoms with van der Waals surface area (Å²) in [6.45, 7) is 2.95. The van der Waals surface area contributed by atoms with E-state index < -0.39 is 50.0 Å². The minimum Gasteiger partial charge on any atom is -0.326 e. The second kappa shape index (κ2) is 9.06. The summed E-state index contributed by atoms with van der Waals surface area (Å²) in [7, 11) is -3.65. The van der Waals surface area contributed by atoms with Crippen molar-refractivity contribution in [3.8, 4) is 6.07 Å². The molecule has 0 radical (unpaired) electrons. The van der Waals surface area contributed by atoms with E-state index in [1.165, 1.54) is 44.2 Å². The lowest BCUT2D eigenvalue weighted by molar-refractivity contribution is -0.137. The number of amides is 1. The third-order valence-electron chi connectivity index (χ3n) is 4.42. The Labute approximate surface area is 177 Å². The summed E-state index contributed by atoms with van der Waals surface area (Å²) >= 11 is 5.85. The number of benzene rings is 2. The average Bonchev–Trinajstić information content (AvgIpc) is 2.66. The quantitative estimate of drug-likeness (QED) is 0.675. The molecule has 0 saturated carbocycles. The summed E-state index contributed by atoms with van der Waals surface area (Å²) < 4.78 is 64.3. The van der Waals surface area contributed by atoms with Crippen molar-refractivity contribution in [2.45, 2.75) is 31.2 Å². The van der Waals surface area contributed by atoms with Gasteiger partial charge in [-0.3, -0.25) is 4.79 Å². The highest BCUT2D eigenvalue weighted by Crippen LogP contribution is 2.34. The highest BCUT2D eigenvalue weighted by Gasteiger charge is 2.34. The van der Waals surface area contributed by atoms with Crippen molar-refractivity contribution >= 4 is 33.0 Å². The number of sulfone groups is 1. The summed E-state index contributed by atoms with van der Waals surface area (Å²) in [4.78, 5) is 12.9. The number of hydrogen-bond acceptors (Lipinski definition) is 4. The SMILES string of the molecule is CC(C)S(=O)(=O)CC(C(=O)Nc1ccc(C#N)c(C(F)(F)F)c1)c1ccc(Cl)cc1. The molecular formula is C20H18ClF3N2O3S. The molecule has 0 bridgehead atoms. The van der Waals surface area contributed by atoms with E-state index in [9.17, 15) is 26.4 Å². The molecule has 0 fully saturated rings. The molecule has 2 aromatic carbocycles. The van der Waals surface area contributed by atoms with Crippen LogP contribution in [0.15, 0.2) is 42.5 Å². The number of hydrogen-bond donors (Lipinski definition) is 1. The minimum absolute atomic E-state index is 0.202. The number of carbonyl (C=O) groups excluding carboxylic acids is 1. The Bertz CT molecular complexity index is 1080. The molecule has 0 heterocycles. The second-order valence-corrected chi connectivity index (χ2v) is 9.88. The topological polar surface area (TPSA) is 87.0 Å². The first-order chi connectivity index (χ1) is 13.8. The van der Waals surface area contributed by atoms with E-state index in [0.717, 1.165) is 12.1 Å². The summed E-state index contributed by atoms with van der Waals surface area (Å²) in [6, 6.07) is 10.2. The Morgan fingerprint density at radius 3 is 2.27 bits per heavy atom. The highest BCUT2D eigenvalue weighted by molar-refractivity contribution is 7.92. The van der Waals surface area contributed by atoms with Gasteiger partial charge in [-0.15, -0.1) is 0 Å². The van der Waals surface area contributed by atoms with Crippen LogP contribution < -0.4 is 5.32 Å². The summed E-state index contributed by atoms with van der Waals surface area (Å²) in [5.74, 6) is -2.49. The molecule has 10 heteroatoms. The van der Waals surface area contributed by atoms with Gasteiger partial charge in [0, 0.05) is 10.7 Å². The third-order valence-corrected chi connectivity index (χ3v) is 6.91. The van der Waals surface area contributed by atoms with Gasteiger partial charge in [-0.05, 0) is 49.7 Å². The van der Waals surface area contributed by atoms with Crippen LogP contribution in [0.1, 0.15) is 36.5 Å². The van der Waals surface area contributed by atoms with E-state index in [-0.39, 0.29) is 5.69 Å². The van der Waals surface area contributed by atoms with Gasteiger partial charge in [0.25, 0.3) is 0 Å². The molecule has 160 valence electrons. The van der Waals surface area contributed by atoms with Crippen LogP contribution in [0.3, 0.4) is 0 Å². The third kappa shape index (κ3) is 5.74. The maximum absolute atomic E-state index is 13.2. The van der Waals surface area contributed by atoms with Gasteiger partial charge in [0.1, 0.15) is 0 Å². The van der Waals surface area contributed by atoms with Crippen molar-refractivity contribution in [1.29, 1.82) is 5.26 Å². The highest BCUT2D eigenvalue weighted by atomic mass is 35.5. The number of alkyl halides is 3. The normalized spacial score (nSPS) is 13.0. The monoisotopic (exact) mass is 458 g/mol. The van der Waals surface area contributed by atoms with Gasteiger partial charge in [0.2, 0.25) is 5.91 Å². The van der Waals surface area contributed by atoms with E-state index in [0.29, 0.717) is 16.7 Å². The maximum atomic E-state index is 13.2. The van der Waals surface area contributed by atoms with Gasteiger partial charge in [-0.2, -0.15) is 18.4 Å². The molecule has 30 heavy (non-hydrogen) atoms. The molecule has 0 spiro atoms. The molecule has 1 N–H and O–H groups in total. The lowest BCUT2D eigenvalue weighted by Gasteiger charge is -2.19. The summed E-state index contributed by atoms with van der Waals surface area (Å²) in [5.41, 5.74) is -1.63. The van der Waals surface area contributed by atoms with Crippen molar-refractivity contribution < 1.29 is 26.4 Å². The van der Waals surface area contributed by atoms with Gasteiger partial charge in [0.05, 0.1) is 34.1 Å². The van der Waals surface area contributed by atoms with Crippen LogP contribution in [-0.2, 0) is 20.8 Å². The fourth-order valence-corrected chi connectivity index (χ4v) is 3.95. The number of nitrogens with zero attached hydrogens (tertiary/aromatic N) is 1. The van der Waals surface area contributed by atoms with Gasteiger partial charge < -0.3 is 5.32 Å². The van der Waals surface area contributed by atoms with Gasteiger partial charge in [0.15, 0.2) is 9.84 Å². The number of rotatable bonds is 6. The van der Waals surface area contributed by atoms with Crippen LogP contribution in [0.2, 0.25) is 5.02 Å². The summed E-state index contributed by atoms with van der Waals surface area (Å²) in [5, 5.41) is 10.9. The number of carbonyl (C=O) groups is 1. The van der Waals surface area contributed by atoms with Crippen molar-refractivity contribution in [3.05, 3.63) is 64.2 Å². The fraction of sp³-hybridized carbons (Fsp3) is 0.300. The number of anilines is 1. The Hall–Kier alpha value is -2.57. The van der Waals surface area contributed by atoms with Crippen molar-refractivity contribution in [3.63, 3.8) is 0 Å². The molecule has 2 aromatic rings. The predicted molar refractivity (Wildman–Crippen MR) is 108 cm³/mol. The fourth-order valence-electron chi connectivity index (χ4n) is 2.63. The van der Waals surface area contributed by atoms with E-state index >= 15 is 0 Å². The lowest BCUT2D eigenvalue weighted by Crippen LogP contribution is -2.30. The molecule has 1 amide bonds. The Balaban J connectivity index is 2.42. The van der Waals surface area contributed by atoms with Crippen LogP contribution in [-0.4, -0.2) is 25.3 Å². The molecular weight excluding hydrogens is 441 g/mol. The zero-order valence-electron chi connectivity index (χ0n) is 16.0. The van der Waals surface area contributed by atoms with E-state index in [4.69, 9.17) is 16.9 Å². The standard InChI is InChI=1S/C20H18ClF3N2O3S/c1-12(2)30(28,29)11-17(13-3-6-15(21)7-4-13)19(27)26-16-8-5-14(10-25)18(9-16)20(22,23)24/h3-9,12,17H,11H2,1-2H3,(H,26,27). The molecule has 1 unspecified atom stereocenters. The minimum atomic E-state index is -4.79. The Morgan fingerprint density at radius 1 is 1.17 bits per heavy atom. The molecule has 1 atom stereocenters. The first-order valence-corrected chi connectivity index (χ1v) is 10.8. The van der Waals surface area contributed by atoms with Crippen molar-refractivity contribution in [2.75, 3.05) is 11.1 Å². The van der Waals surface area contributed by atoms with Crippen LogP contribution in [0.25, 0.3) is 0 Å². The molecule has 0 aromatic heterocycles. The van der Waals surface area contributed by atoms with Crippen LogP contribution >= 0.6 is 11.6 Å². The Morgan fingerprint density at radius 2 is 1.77 bits per heavy atom. The smallest absolute Gasteiger partial charge is 0.326 e. The number of nitrogens with one attached hydrogen (secondary N) is 1. The van der Waals surface area contributed by atoms with Crippen LogP contribution in [0, 0.1) is 11.3 Å². The molecule has 0 saturated heterocycles. The molecule has 0 aliphatic heterocycles. The molecule has 0 aliphatic rings. The van der Waals surface area contributed by atoms with E-state index in [1.807, 2.05) is 0 Å². The van der Waals surface area contributed by atoms with Gasteiger partial charge in [-0.25, -0.2) is 8.42 Å². The van der Waals surface area contributed by atoms with Crippen LogP contribution in [0.5, 0.6) is 0 Å². The largest absolute Gasteiger partial charge is 0.417 e. The van der Waals surface area contributed by atoms with Crippen molar-refractivity contribution in [1.82, 2.24) is 0 Å². The zero-order chi connectivity index (χ0) is 22.7. The first kappa shape index (κ1) is 23.7. The predicted octanol–water partition coefficient (Wildman–Crippen LogP) is 4.78. The number of halogens is 4. The van der Waals surface area contributed by atoms with Gasteiger partial charge in [-0.1, -0.05) is 23.7 Å². The van der Waals surface area contributed by atoms with Crippen LogP contribution in [0.4, 0.5) is 18.9 Å². The van der Waals surface area contributed by atoms with E-state index in [1.54, 1.807) is 0 Å². The van der Waals surface area contributed by atoms with E-state index in [2.05, 4.69) is 5.32 Å². The molecule has 5 nitrogen and oxygen atoms in total. The second-order valence-electron chi connectivity index (χ2n) is 6.84. The average molecular weight is 459 g/mol.